The second kappa shape index (κ2) is 6.28. The van der Waals surface area contributed by atoms with Crippen molar-refractivity contribution in [1.82, 2.24) is 0 Å². The molecule has 1 saturated heterocycles. The number of para-hydroxylation sites is 1. The molecular formula is C13H15NO8. The molecule has 9 heteroatoms. The van der Waals surface area contributed by atoms with E-state index in [0.29, 0.717) is 0 Å². The Balaban J connectivity index is 2.25. The van der Waals surface area contributed by atoms with Crippen LogP contribution in [-0.2, 0) is 9.53 Å². The molecule has 120 valence electrons. The molecule has 0 aliphatic carbocycles. The number of aliphatic carboxylic acids is 1. The van der Waals surface area contributed by atoms with Gasteiger partial charge in [-0.2, -0.15) is 0 Å². The summed E-state index contributed by atoms with van der Waals surface area (Å²) >= 11 is 0. The van der Waals surface area contributed by atoms with Gasteiger partial charge in [0.1, 0.15) is 24.1 Å². The van der Waals surface area contributed by atoms with Gasteiger partial charge in [0, 0.05) is 0 Å². The molecule has 0 aromatic heterocycles. The van der Waals surface area contributed by atoms with Crippen LogP contribution >= 0.6 is 0 Å². The van der Waals surface area contributed by atoms with Crippen molar-refractivity contribution in [3.05, 3.63) is 29.8 Å². The Morgan fingerprint density at radius 1 is 1.09 bits per heavy atom. The lowest BCUT2D eigenvalue weighted by Crippen LogP contribution is -2.61. The predicted molar refractivity (Wildman–Crippen MR) is 69.9 cm³/mol. The van der Waals surface area contributed by atoms with E-state index < -0.39 is 42.6 Å². The molecule has 1 aliphatic rings. The fourth-order valence-electron chi connectivity index (χ4n) is 2.05. The second-order valence-electron chi connectivity index (χ2n) is 4.71. The number of primary amides is 1. The van der Waals surface area contributed by atoms with E-state index in [1.165, 1.54) is 24.3 Å². The van der Waals surface area contributed by atoms with Gasteiger partial charge in [0.2, 0.25) is 6.29 Å². The Kier molecular flexibility index (Phi) is 4.62. The average Bonchev–Trinajstić information content (AvgIpc) is 2.47. The minimum atomic E-state index is -1.82. The van der Waals surface area contributed by atoms with Crippen LogP contribution in [0.1, 0.15) is 10.4 Å². The van der Waals surface area contributed by atoms with E-state index in [0.717, 1.165) is 0 Å². The Hall–Kier alpha value is -2.20. The Morgan fingerprint density at radius 3 is 2.32 bits per heavy atom. The number of nitrogens with two attached hydrogens (primary N) is 1. The first-order chi connectivity index (χ1) is 10.3. The first-order valence-electron chi connectivity index (χ1n) is 6.31. The number of carboxylic acids is 1. The van der Waals surface area contributed by atoms with Crippen LogP contribution in [0.5, 0.6) is 5.75 Å². The fourth-order valence-corrected chi connectivity index (χ4v) is 2.05. The van der Waals surface area contributed by atoms with Gasteiger partial charge in [-0.05, 0) is 12.1 Å². The number of benzene rings is 1. The maximum atomic E-state index is 11.3. The lowest BCUT2D eigenvalue weighted by molar-refractivity contribution is -0.271. The SMILES string of the molecule is NC(=O)c1ccccc1OC1O[C@H](C(=O)O)[C@@H](O)[C@H](O)[C@H]1O. The summed E-state index contributed by atoms with van der Waals surface area (Å²) in [6, 6.07) is 5.79. The number of carboxylic acid groups (broad SMARTS) is 1. The zero-order valence-corrected chi connectivity index (χ0v) is 11.2. The third-order valence-electron chi connectivity index (χ3n) is 3.21. The fraction of sp³-hybridized carbons (Fsp3) is 0.385. The molecule has 6 N–H and O–H groups in total. The van der Waals surface area contributed by atoms with Crippen LogP contribution in [0, 0.1) is 0 Å². The van der Waals surface area contributed by atoms with Crippen LogP contribution in [0.15, 0.2) is 24.3 Å². The number of hydrogen-bond donors (Lipinski definition) is 5. The number of carbonyl (C=O) groups excluding carboxylic acids is 1. The van der Waals surface area contributed by atoms with E-state index in [2.05, 4.69) is 0 Å². The summed E-state index contributed by atoms with van der Waals surface area (Å²) in [5.41, 5.74) is 5.16. The van der Waals surface area contributed by atoms with Gasteiger partial charge < -0.3 is 35.6 Å². The smallest absolute Gasteiger partial charge is 0.335 e. The van der Waals surface area contributed by atoms with Crippen molar-refractivity contribution in [2.24, 2.45) is 5.73 Å². The molecule has 2 rings (SSSR count). The largest absolute Gasteiger partial charge is 0.479 e. The number of ether oxygens (including phenoxy) is 2. The van der Waals surface area contributed by atoms with Gasteiger partial charge in [-0.1, -0.05) is 12.1 Å². The highest BCUT2D eigenvalue weighted by atomic mass is 16.7. The molecule has 1 aliphatic heterocycles. The number of aliphatic hydroxyl groups excluding tert-OH is 3. The Morgan fingerprint density at radius 2 is 1.73 bits per heavy atom. The van der Waals surface area contributed by atoms with Crippen LogP contribution < -0.4 is 10.5 Å². The molecule has 0 spiro atoms. The maximum Gasteiger partial charge on any atom is 0.335 e. The van der Waals surface area contributed by atoms with Crippen molar-refractivity contribution >= 4 is 11.9 Å². The Bertz CT molecular complexity index is 577. The van der Waals surface area contributed by atoms with Crippen molar-refractivity contribution in [3.63, 3.8) is 0 Å². The molecule has 1 aromatic carbocycles. The van der Waals surface area contributed by atoms with Crippen LogP contribution in [0.4, 0.5) is 0 Å². The number of aliphatic hydroxyl groups is 3. The summed E-state index contributed by atoms with van der Waals surface area (Å²) in [5.74, 6) is -2.38. The monoisotopic (exact) mass is 313 g/mol. The van der Waals surface area contributed by atoms with Crippen molar-refractivity contribution < 1.29 is 39.5 Å². The Labute approximate surface area is 124 Å². The number of rotatable bonds is 4. The molecule has 0 bridgehead atoms. The van der Waals surface area contributed by atoms with Gasteiger partial charge >= 0.3 is 5.97 Å². The summed E-state index contributed by atoms with van der Waals surface area (Å²) in [5, 5.41) is 38.0. The van der Waals surface area contributed by atoms with Crippen molar-refractivity contribution in [3.8, 4) is 5.75 Å². The van der Waals surface area contributed by atoms with E-state index in [4.69, 9.17) is 20.3 Å². The topological polar surface area (TPSA) is 160 Å². The molecule has 0 saturated carbocycles. The van der Waals surface area contributed by atoms with Crippen LogP contribution in [-0.4, -0.2) is 63.0 Å². The van der Waals surface area contributed by atoms with Crippen LogP contribution in [0.25, 0.3) is 0 Å². The van der Waals surface area contributed by atoms with E-state index in [1.807, 2.05) is 0 Å². The molecule has 9 nitrogen and oxygen atoms in total. The number of hydrogen-bond acceptors (Lipinski definition) is 7. The summed E-state index contributed by atoms with van der Waals surface area (Å²) in [6.45, 7) is 0. The molecule has 1 amide bonds. The third-order valence-corrected chi connectivity index (χ3v) is 3.21. The van der Waals surface area contributed by atoms with Gasteiger partial charge in [0.15, 0.2) is 6.10 Å². The lowest BCUT2D eigenvalue weighted by Gasteiger charge is -2.38. The second-order valence-corrected chi connectivity index (χ2v) is 4.71. The van der Waals surface area contributed by atoms with Crippen molar-refractivity contribution in [1.29, 1.82) is 0 Å². The molecule has 5 atom stereocenters. The summed E-state index contributed by atoms with van der Waals surface area (Å²) < 4.78 is 10.2. The quantitative estimate of drug-likeness (QED) is 0.429. The summed E-state index contributed by atoms with van der Waals surface area (Å²) in [6.07, 6.45) is -8.71. The van der Waals surface area contributed by atoms with Gasteiger partial charge in [0.25, 0.3) is 5.91 Å². The standard InChI is InChI=1S/C13H15NO8/c14-11(18)5-3-1-2-4-6(5)21-13-9(17)7(15)8(16)10(22-13)12(19)20/h1-4,7-10,13,15-17H,(H2,14,18)(H,19,20)/t7-,8-,9+,10-,13?/m0/s1. The molecule has 1 unspecified atom stereocenters. The molecule has 0 radical (unpaired) electrons. The van der Waals surface area contributed by atoms with E-state index in [1.54, 1.807) is 0 Å². The maximum absolute atomic E-state index is 11.3. The number of carbonyl (C=O) groups is 2. The third kappa shape index (κ3) is 3.02. The van der Waals surface area contributed by atoms with Gasteiger partial charge in [-0.3, -0.25) is 4.79 Å². The minimum Gasteiger partial charge on any atom is -0.479 e. The van der Waals surface area contributed by atoms with Gasteiger partial charge in [-0.15, -0.1) is 0 Å². The summed E-state index contributed by atoms with van der Waals surface area (Å²) in [7, 11) is 0. The van der Waals surface area contributed by atoms with E-state index in [-0.39, 0.29) is 11.3 Å². The van der Waals surface area contributed by atoms with E-state index >= 15 is 0 Å². The van der Waals surface area contributed by atoms with Crippen molar-refractivity contribution in [2.45, 2.75) is 30.7 Å². The first kappa shape index (κ1) is 16.2. The molecule has 1 heterocycles. The zero-order valence-electron chi connectivity index (χ0n) is 11.2. The molecular weight excluding hydrogens is 298 g/mol. The van der Waals surface area contributed by atoms with Crippen LogP contribution in [0.3, 0.4) is 0 Å². The van der Waals surface area contributed by atoms with Gasteiger partial charge in [-0.25, -0.2) is 4.79 Å². The zero-order chi connectivity index (χ0) is 16.4. The van der Waals surface area contributed by atoms with Crippen molar-refractivity contribution in [2.75, 3.05) is 0 Å². The van der Waals surface area contributed by atoms with E-state index in [9.17, 15) is 24.9 Å². The normalized spacial score (nSPS) is 31.5. The molecule has 22 heavy (non-hydrogen) atoms. The highest BCUT2D eigenvalue weighted by Gasteiger charge is 2.48. The highest BCUT2D eigenvalue weighted by Crippen LogP contribution is 2.26. The average molecular weight is 313 g/mol. The summed E-state index contributed by atoms with van der Waals surface area (Å²) in [4.78, 5) is 22.3. The number of amides is 1. The lowest BCUT2D eigenvalue weighted by atomic mass is 9.99. The molecule has 1 aromatic rings. The van der Waals surface area contributed by atoms with Gasteiger partial charge in [0.05, 0.1) is 5.56 Å². The van der Waals surface area contributed by atoms with Crippen LogP contribution in [0.2, 0.25) is 0 Å². The minimum absolute atomic E-state index is 0.00853. The highest BCUT2D eigenvalue weighted by molar-refractivity contribution is 5.95. The molecule has 1 fully saturated rings. The first-order valence-corrected chi connectivity index (χ1v) is 6.31. The predicted octanol–water partition coefficient (Wildman–Crippen LogP) is -1.94.